The van der Waals surface area contributed by atoms with Gasteiger partial charge < -0.3 is 10.5 Å². The summed E-state index contributed by atoms with van der Waals surface area (Å²) in [5, 5.41) is 2.88. The third-order valence-electron chi connectivity index (χ3n) is 14.5. The number of aromatic nitrogens is 3. The van der Waals surface area contributed by atoms with Gasteiger partial charge in [-0.1, -0.05) is 194 Å². The summed E-state index contributed by atoms with van der Waals surface area (Å²) in [5.74, 6) is 1.17. The van der Waals surface area contributed by atoms with Crippen LogP contribution in [-0.4, -0.2) is 75.1 Å². The lowest BCUT2D eigenvalue weighted by molar-refractivity contribution is -0.144. The van der Waals surface area contributed by atoms with Crippen molar-refractivity contribution in [3.8, 4) is 33.4 Å². The topological polar surface area (TPSA) is 159 Å². The van der Waals surface area contributed by atoms with Crippen molar-refractivity contribution in [3.05, 3.63) is 209 Å². The Morgan fingerprint density at radius 3 is 1.44 bits per heavy atom. The first-order chi connectivity index (χ1) is 47.4. The maximum atomic E-state index is 13.0. The summed E-state index contributed by atoms with van der Waals surface area (Å²) < 4.78 is 60.4. The molecule has 25 heteroatoms. The van der Waals surface area contributed by atoms with Crippen LogP contribution in [0.3, 0.4) is 0 Å². The number of unbranched alkanes of at least 4 members (excludes halogenated alkanes) is 1. The Bertz CT molecular complexity index is 4330. The number of carbonyl (C=O) groups excluding carboxylic acids is 1. The van der Waals surface area contributed by atoms with Crippen LogP contribution in [0.1, 0.15) is 105 Å². The molecule has 0 saturated carbocycles. The van der Waals surface area contributed by atoms with Gasteiger partial charge >= 0.3 is 5.97 Å². The summed E-state index contributed by atoms with van der Waals surface area (Å²) in [7, 11) is -7.52. The Hall–Kier alpha value is -3.47. The standard InChI is InChI=1S/C25H34O2S2.C19H19NS3.C18H18N2O4S3.C7H6Br2S.C5H6BrNS.C2H6.2ClH/c1-5-7-8-20(6-2)18-27-25(26)13-14-29-24-16-22(15-23(17-24)28-4)21-11-9-19(3)10-12-21;1-4-18-20-12-19(23-18)22-17-10-15(9-16(11-17)21-3)14-7-5-13(2)6-8-14;1-12-3-5-13(6-4-12)14-7-15(26(2,21)22)9-16(8-14)27(23,24)18-11-20-17(10-19)25-18;1-10-7-3-5(8)2-6(9)4-7;1-2-5-7-3-4(6)8-5;1-2;;/h9-12,15-17,20H,5-8,13-14,18H2,1-4H3;5-12H,4H2,1-3H3;3-9,11H,10,19H2,1-2H3;2-4H,1H3;3H,2H2,1H3;1-2H3;2*1H. The number of thioether (sulfide) groups is 4. The van der Waals surface area contributed by atoms with E-state index in [1.165, 1.54) is 109 Å². The first-order valence-electron chi connectivity index (χ1n) is 32.2. The molecular formula is C76H91Br3Cl2N4O6S10. The smallest absolute Gasteiger partial charge is 0.306 e. The second kappa shape index (κ2) is 48.0. The van der Waals surface area contributed by atoms with Crippen molar-refractivity contribution in [2.45, 2.75) is 156 Å². The van der Waals surface area contributed by atoms with Gasteiger partial charge in [-0.25, -0.2) is 31.8 Å². The molecule has 0 radical (unpaired) electrons. The predicted molar refractivity (Wildman–Crippen MR) is 456 cm³/mol. The molecular weight excluding hydrogens is 1700 g/mol. The van der Waals surface area contributed by atoms with Crippen LogP contribution in [0.15, 0.2) is 220 Å². The molecule has 0 aliphatic carbocycles. The number of hydrogen-bond acceptors (Lipinski definition) is 18. The molecule has 1 atom stereocenters. The van der Waals surface area contributed by atoms with E-state index in [1.807, 2.05) is 75.3 Å². The van der Waals surface area contributed by atoms with Gasteiger partial charge in [0.25, 0.3) is 0 Å². The number of nitrogens with zero attached hydrogens (tertiary/aromatic N) is 3. The molecule has 1 unspecified atom stereocenters. The first kappa shape index (κ1) is 91.7. The molecule has 2 N–H and O–H groups in total. The minimum Gasteiger partial charge on any atom is -0.465 e. The van der Waals surface area contributed by atoms with E-state index >= 15 is 0 Å². The number of esters is 1. The summed E-state index contributed by atoms with van der Waals surface area (Å²) in [6, 6.07) is 48.6. The average molecular weight is 1790 g/mol. The normalized spacial score (nSPS) is 11.0. The highest BCUT2D eigenvalue weighted by molar-refractivity contribution is 9.11. The van der Waals surface area contributed by atoms with Gasteiger partial charge in [0.15, 0.2) is 9.84 Å². The average Bonchev–Trinajstić information content (AvgIpc) is 1.32. The summed E-state index contributed by atoms with van der Waals surface area (Å²) >= 11 is 23.4. The summed E-state index contributed by atoms with van der Waals surface area (Å²) in [5.41, 5.74) is 15.4. The number of sulfone groups is 2. The van der Waals surface area contributed by atoms with Gasteiger partial charge in [0.1, 0.15) is 9.22 Å². The number of hydrogen-bond donors (Lipinski definition) is 1. The molecule has 0 fully saturated rings. The van der Waals surface area contributed by atoms with Gasteiger partial charge in [-0.3, -0.25) is 4.79 Å². The second-order valence-electron chi connectivity index (χ2n) is 22.1. The lowest BCUT2D eigenvalue weighted by atomic mass is 10.0. The molecule has 0 saturated heterocycles. The molecule has 0 bridgehead atoms. The maximum Gasteiger partial charge on any atom is 0.306 e. The van der Waals surface area contributed by atoms with Crippen molar-refractivity contribution in [3.63, 3.8) is 0 Å². The molecule has 3 heterocycles. The van der Waals surface area contributed by atoms with Crippen LogP contribution in [0.5, 0.6) is 0 Å². The maximum absolute atomic E-state index is 13.0. The second-order valence-corrected chi connectivity index (χ2v) is 38.0. The van der Waals surface area contributed by atoms with Crippen molar-refractivity contribution in [2.75, 3.05) is 37.4 Å². The number of ether oxygens (including phenoxy) is 1. The number of benzene rings is 7. The van der Waals surface area contributed by atoms with Crippen LogP contribution < -0.4 is 5.73 Å². The zero-order chi connectivity index (χ0) is 72.7. The largest absolute Gasteiger partial charge is 0.465 e. The third kappa shape index (κ3) is 31.9. The minimum absolute atomic E-state index is 0. The highest BCUT2D eigenvalue weighted by Crippen LogP contribution is 2.39. The lowest BCUT2D eigenvalue weighted by Gasteiger charge is -2.14. The van der Waals surface area contributed by atoms with Crippen LogP contribution in [0.4, 0.5) is 0 Å². The first-order valence-corrected chi connectivity index (χ1v) is 45.9. The Morgan fingerprint density at radius 1 is 0.545 bits per heavy atom. The van der Waals surface area contributed by atoms with E-state index in [0.29, 0.717) is 29.5 Å². The third-order valence-corrected chi connectivity index (χ3v) is 26.7. The van der Waals surface area contributed by atoms with E-state index in [4.69, 9.17) is 10.5 Å². The Balaban J connectivity index is 0.000000344. The number of halogens is 5. The zero-order valence-corrected chi connectivity index (χ0v) is 73.7. The van der Waals surface area contributed by atoms with E-state index in [-0.39, 0.29) is 51.3 Å². The number of thiazole rings is 3. The lowest BCUT2D eigenvalue weighted by Crippen LogP contribution is -2.14. The van der Waals surface area contributed by atoms with Crippen LogP contribution in [0.2, 0.25) is 0 Å². The highest BCUT2D eigenvalue weighted by Gasteiger charge is 2.24. The quantitative estimate of drug-likeness (QED) is 0.0449. The Morgan fingerprint density at radius 2 is 1.00 bits per heavy atom. The molecule has 7 aromatic carbocycles. The van der Waals surface area contributed by atoms with Crippen molar-refractivity contribution in [2.24, 2.45) is 11.7 Å². The summed E-state index contributed by atoms with van der Waals surface area (Å²) in [4.78, 5) is 30.8. The molecule has 10 nitrogen and oxygen atoms in total. The molecule has 3 aromatic heterocycles. The van der Waals surface area contributed by atoms with Crippen LogP contribution >= 0.6 is 165 Å². The fourth-order valence-electron chi connectivity index (χ4n) is 8.98. The van der Waals surface area contributed by atoms with Crippen molar-refractivity contribution >= 4 is 191 Å². The predicted octanol–water partition coefficient (Wildman–Crippen LogP) is 25.3. The van der Waals surface area contributed by atoms with Gasteiger partial charge in [0.05, 0.1) is 59.4 Å². The Labute approximate surface area is 672 Å². The molecule has 0 aliphatic heterocycles. The number of aryl methyl sites for hydroxylation is 5. The zero-order valence-electron chi connectivity index (χ0n) is 59.1. The van der Waals surface area contributed by atoms with Crippen LogP contribution in [0, 0.1) is 26.7 Å². The van der Waals surface area contributed by atoms with Crippen molar-refractivity contribution in [1.29, 1.82) is 0 Å². The van der Waals surface area contributed by atoms with Crippen LogP contribution in [0.25, 0.3) is 33.4 Å². The van der Waals surface area contributed by atoms with Gasteiger partial charge in [0, 0.05) is 52.0 Å². The summed E-state index contributed by atoms with van der Waals surface area (Å²) in [6.45, 7) is 19.5. The van der Waals surface area contributed by atoms with E-state index in [9.17, 15) is 21.6 Å². The van der Waals surface area contributed by atoms with Crippen molar-refractivity contribution < 1.29 is 26.4 Å². The highest BCUT2D eigenvalue weighted by atomic mass is 79.9. The van der Waals surface area contributed by atoms with Gasteiger partial charge in [-0.05, 0) is 187 Å². The van der Waals surface area contributed by atoms with Crippen molar-refractivity contribution in [1.82, 2.24) is 15.0 Å². The molecule has 0 spiro atoms. The fraction of sp³-hybridized carbons (Fsp3) is 0.316. The molecule has 10 aromatic rings. The SMILES string of the molecule is CC.CCCCC(CC)COC(=O)CCSc1cc(SC)cc(-c2ccc(C)cc2)c1.CCc1ncc(Br)s1.CCc1ncc(Sc2cc(SC)cc(-c3ccc(C)cc3)c2)s1.CSc1cc(Br)cc(Br)c1.Cc1ccc(-c2cc(S(C)(=O)=O)cc(S(=O)(=O)c3cnc(CN)s3)c2)cc1.Cl.Cl. The Kier molecular flexibility index (Phi) is 43.6. The van der Waals surface area contributed by atoms with Gasteiger partial charge in [0.2, 0.25) is 9.84 Å². The number of rotatable bonds is 24. The number of nitrogens with two attached hydrogens (primary N) is 1. The number of carbonyl (C=O) groups is 1. The van der Waals surface area contributed by atoms with E-state index in [2.05, 4.69) is 220 Å². The molecule has 546 valence electrons. The molecule has 0 amide bonds. The molecule has 0 aliphatic rings. The molecule has 10 rings (SSSR count). The van der Waals surface area contributed by atoms with E-state index < -0.39 is 19.7 Å². The fourth-order valence-corrected chi connectivity index (χ4v) is 19.7. The van der Waals surface area contributed by atoms with E-state index in [1.54, 1.807) is 69.7 Å². The van der Waals surface area contributed by atoms with Gasteiger partial charge in [-0.15, -0.1) is 106 Å². The minimum atomic E-state index is -3.91. The molecule has 101 heavy (non-hydrogen) atoms. The van der Waals surface area contributed by atoms with Gasteiger partial charge in [-0.2, -0.15) is 0 Å². The van der Waals surface area contributed by atoms with E-state index in [0.717, 1.165) is 72.9 Å². The summed E-state index contributed by atoms with van der Waals surface area (Å²) in [6.07, 6.45) is 19.6. The monoisotopic (exact) mass is 1780 g/mol. The van der Waals surface area contributed by atoms with Crippen LogP contribution in [-0.2, 0) is 48.6 Å².